The lowest BCUT2D eigenvalue weighted by atomic mass is 10.2. The van der Waals surface area contributed by atoms with Gasteiger partial charge in [-0.15, -0.1) is 5.10 Å². The summed E-state index contributed by atoms with van der Waals surface area (Å²) in [6, 6.07) is 23.1. The number of nitrogens with one attached hydrogen (secondary N) is 1. The van der Waals surface area contributed by atoms with E-state index in [0.717, 1.165) is 26.6 Å². The van der Waals surface area contributed by atoms with Gasteiger partial charge >= 0.3 is 0 Å². The Balaban J connectivity index is 1.31. The van der Waals surface area contributed by atoms with Gasteiger partial charge in [0.2, 0.25) is 5.91 Å². The van der Waals surface area contributed by atoms with Crippen LogP contribution in [0.3, 0.4) is 0 Å². The number of aromatic nitrogens is 3. The molecule has 4 rings (SSSR count). The molecule has 0 aliphatic rings. The van der Waals surface area contributed by atoms with E-state index in [2.05, 4.69) is 36.8 Å². The first kappa shape index (κ1) is 20.7. The molecule has 0 unspecified atom stereocenters. The lowest BCUT2D eigenvalue weighted by Crippen LogP contribution is -2.19. The number of fused-ring (bicyclic) bond motifs is 1. The minimum absolute atomic E-state index is 0.205. The van der Waals surface area contributed by atoms with Gasteiger partial charge in [-0.25, -0.2) is 10.1 Å². The van der Waals surface area contributed by atoms with Crippen LogP contribution in [-0.4, -0.2) is 27.1 Å². The molecular formula is C23H20BrN5O2. The van der Waals surface area contributed by atoms with E-state index >= 15 is 0 Å². The van der Waals surface area contributed by atoms with Crippen LogP contribution in [0.15, 0.2) is 82.4 Å². The van der Waals surface area contributed by atoms with Crippen LogP contribution < -0.4 is 10.2 Å². The van der Waals surface area contributed by atoms with Crippen LogP contribution in [0.5, 0.6) is 5.75 Å². The first-order valence-electron chi connectivity index (χ1n) is 9.75. The van der Waals surface area contributed by atoms with Crippen LogP contribution in [-0.2, 0) is 17.9 Å². The molecule has 0 aliphatic carbocycles. The monoisotopic (exact) mass is 477 g/mol. The zero-order valence-electron chi connectivity index (χ0n) is 16.6. The predicted octanol–water partition coefficient (Wildman–Crippen LogP) is 4.31. The van der Waals surface area contributed by atoms with Crippen molar-refractivity contribution in [1.29, 1.82) is 0 Å². The molecule has 1 heterocycles. The zero-order chi connectivity index (χ0) is 21.5. The van der Waals surface area contributed by atoms with Crippen LogP contribution in [0.2, 0.25) is 0 Å². The summed E-state index contributed by atoms with van der Waals surface area (Å²) in [6.07, 6.45) is 1.82. The molecule has 3 aromatic carbocycles. The number of para-hydroxylation sites is 2. The summed E-state index contributed by atoms with van der Waals surface area (Å²) in [6.45, 7) is 0.858. The molecule has 0 aliphatic heterocycles. The molecule has 0 saturated heterocycles. The molecule has 31 heavy (non-hydrogen) atoms. The van der Waals surface area contributed by atoms with Gasteiger partial charge in [-0.05, 0) is 42.0 Å². The number of amides is 1. The second-order valence-electron chi connectivity index (χ2n) is 6.80. The predicted molar refractivity (Wildman–Crippen MR) is 123 cm³/mol. The normalized spacial score (nSPS) is 11.1. The number of hydrogen-bond acceptors (Lipinski definition) is 5. The molecule has 1 amide bonds. The summed E-state index contributed by atoms with van der Waals surface area (Å²) in [4.78, 5) is 12.2. The summed E-state index contributed by atoms with van der Waals surface area (Å²) >= 11 is 3.46. The minimum Gasteiger partial charge on any atom is -0.488 e. The molecule has 0 atom stereocenters. The van der Waals surface area contributed by atoms with Crippen molar-refractivity contribution in [3.8, 4) is 5.75 Å². The summed E-state index contributed by atoms with van der Waals surface area (Å²) in [5.74, 6) is 0.484. The van der Waals surface area contributed by atoms with Crippen molar-refractivity contribution >= 4 is 39.1 Å². The van der Waals surface area contributed by atoms with Crippen molar-refractivity contribution in [3.05, 3.63) is 88.4 Å². The third-order valence-electron chi connectivity index (χ3n) is 4.57. The molecule has 156 valence electrons. The number of benzene rings is 3. The van der Waals surface area contributed by atoms with E-state index in [1.165, 1.54) is 0 Å². The van der Waals surface area contributed by atoms with Crippen molar-refractivity contribution in [2.45, 2.75) is 19.6 Å². The highest BCUT2D eigenvalue weighted by molar-refractivity contribution is 9.10. The maximum atomic E-state index is 12.2. The Kier molecular flexibility index (Phi) is 6.68. The molecule has 7 nitrogen and oxygen atoms in total. The molecule has 8 heteroatoms. The molecule has 0 saturated carbocycles. The first-order chi connectivity index (χ1) is 15.2. The minimum atomic E-state index is -0.205. The van der Waals surface area contributed by atoms with Crippen molar-refractivity contribution in [1.82, 2.24) is 20.4 Å². The highest BCUT2D eigenvalue weighted by atomic mass is 79.9. The first-order valence-corrected chi connectivity index (χ1v) is 10.5. The maximum absolute atomic E-state index is 12.2. The number of aryl methyl sites for hydroxylation is 1. The Morgan fingerprint density at radius 2 is 1.94 bits per heavy atom. The quantitative estimate of drug-likeness (QED) is 0.302. The smallest absolute Gasteiger partial charge is 0.241 e. The van der Waals surface area contributed by atoms with E-state index in [4.69, 9.17) is 4.74 Å². The Labute approximate surface area is 187 Å². The number of hydrogen-bond donors (Lipinski definition) is 1. The number of carbonyl (C=O) groups excluding carboxylic acids is 1. The number of nitrogens with zero attached hydrogens (tertiary/aromatic N) is 4. The van der Waals surface area contributed by atoms with Crippen LogP contribution >= 0.6 is 15.9 Å². The number of halogens is 1. The lowest BCUT2D eigenvalue weighted by Gasteiger charge is -2.09. The third kappa shape index (κ3) is 5.55. The van der Waals surface area contributed by atoms with Gasteiger partial charge in [-0.2, -0.15) is 5.10 Å². The van der Waals surface area contributed by atoms with Gasteiger partial charge in [0.25, 0.3) is 0 Å². The number of rotatable bonds is 8. The van der Waals surface area contributed by atoms with Gasteiger partial charge in [-0.1, -0.05) is 57.5 Å². The highest BCUT2D eigenvalue weighted by Crippen LogP contribution is 2.19. The standard InChI is InChI=1S/C23H20BrN5O2/c24-19-8-5-6-17(14-19)16-31-22-11-4-1-7-18(22)15-25-27-23(30)12-13-29-21-10-3-2-9-20(21)26-28-29/h1-11,14-15H,12-13,16H2,(H,27,30)/b25-15+. The van der Waals surface area contributed by atoms with Crippen LogP contribution in [0.1, 0.15) is 17.5 Å². The van der Waals surface area contributed by atoms with E-state index in [1.54, 1.807) is 10.9 Å². The van der Waals surface area contributed by atoms with Crippen molar-refractivity contribution in [2.75, 3.05) is 0 Å². The second kappa shape index (κ2) is 9.99. The number of carbonyl (C=O) groups is 1. The van der Waals surface area contributed by atoms with Crippen molar-refractivity contribution in [3.63, 3.8) is 0 Å². The number of ether oxygens (including phenoxy) is 1. The Hall–Kier alpha value is -3.52. The van der Waals surface area contributed by atoms with Gasteiger partial charge in [0, 0.05) is 16.5 Å². The molecule has 0 spiro atoms. The van der Waals surface area contributed by atoms with Gasteiger partial charge in [-0.3, -0.25) is 4.79 Å². The van der Waals surface area contributed by atoms with E-state index in [1.807, 2.05) is 72.8 Å². The fourth-order valence-electron chi connectivity index (χ4n) is 3.03. The lowest BCUT2D eigenvalue weighted by molar-refractivity contribution is -0.121. The molecule has 0 radical (unpaired) electrons. The zero-order valence-corrected chi connectivity index (χ0v) is 18.2. The highest BCUT2D eigenvalue weighted by Gasteiger charge is 2.06. The van der Waals surface area contributed by atoms with Gasteiger partial charge in [0.15, 0.2) is 0 Å². The van der Waals surface area contributed by atoms with Crippen LogP contribution in [0.25, 0.3) is 11.0 Å². The summed E-state index contributed by atoms with van der Waals surface area (Å²) < 4.78 is 8.65. The fraction of sp³-hybridized carbons (Fsp3) is 0.130. The molecule has 4 aromatic rings. The van der Waals surface area contributed by atoms with E-state index in [-0.39, 0.29) is 12.3 Å². The average molecular weight is 478 g/mol. The summed E-state index contributed by atoms with van der Waals surface area (Å²) in [5.41, 5.74) is 6.09. The third-order valence-corrected chi connectivity index (χ3v) is 5.06. The largest absolute Gasteiger partial charge is 0.488 e. The average Bonchev–Trinajstić information content (AvgIpc) is 3.20. The fourth-order valence-corrected chi connectivity index (χ4v) is 3.47. The summed E-state index contributed by atoms with van der Waals surface area (Å²) in [5, 5.41) is 12.2. The SMILES string of the molecule is O=C(CCn1nnc2ccccc21)N/N=C/c1ccccc1OCc1cccc(Br)c1. The van der Waals surface area contributed by atoms with Crippen LogP contribution in [0.4, 0.5) is 0 Å². The molecule has 0 bridgehead atoms. The van der Waals surface area contributed by atoms with Crippen molar-refractivity contribution in [2.24, 2.45) is 5.10 Å². The van der Waals surface area contributed by atoms with Gasteiger partial charge in [0.05, 0.1) is 18.3 Å². The number of hydrazone groups is 1. The Morgan fingerprint density at radius 3 is 2.84 bits per heavy atom. The van der Waals surface area contributed by atoms with Gasteiger partial charge in [0.1, 0.15) is 17.9 Å². The summed E-state index contributed by atoms with van der Waals surface area (Å²) in [7, 11) is 0. The second-order valence-corrected chi connectivity index (χ2v) is 7.72. The molecule has 0 fully saturated rings. The molecule has 1 N–H and O–H groups in total. The maximum Gasteiger partial charge on any atom is 0.241 e. The van der Waals surface area contributed by atoms with Crippen molar-refractivity contribution < 1.29 is 9.53 Å². The van der Waals surface area contributed by atoms with E-state index in [9.17, 15) is 4.79 Å². The van der Waals surface area contributed by atoms with E-state index in [0.29, 0.717) is 18.9 Å². The topological polar surface area (TPSA) is 81.4 Å². The van der Waals surface area contributed by atoms with Crippen LogP contribution in [0, 0.1) is 0 Å². The van der Waals surface area contributed by atoms with Gasteiger partial charge < -0.3 is 4.74 Å². The Bertz CT molecular complexity index is 1220. The Morgan fingerprint density at radius 1 is 1.10 bits per heavy atom. The van der Waals surface area contributed by atoms with E-state index < -0.39 is 0 Å². The molecule has 1 aromatic heterocycles. The molecular weight excluding hydrogens is 458 g/mol.